The second-order valence-electron chi connectivity index (χ2n) is 6.49. The van der Waals surface area contributed by atoms with Gasteiger partial charge < -0.3 is 10.1 Å². The molecule has 0 amide bonds. The van der Waals surface area contributed by atoms with E-state index >= 15 is 0 Å². The van der Waals surface area contributed by atoms with Crippen molar-refractivity contribution in [3.63, 3.8) is 0 Å². The third kappa shape index (κ3) is 3.80. The molecule has 1 aromatic rings. The monoisotopic (exact) mass is 281 g/mol. The van der Waals surface area contributed by atoms with E-state index in [0.29, 0.717) is 12.2 Å². The highest BCUT2D eigenvalue weighted by Gasteiger charge is 2.35. The van der Waals surface area contributed by atoms with Crippen LogP contribution in [0.15, 0.2) is 12.1 Å². The fourth-order valence-electron chi connectivity index (χ4n) is 2.79. The van der Waals surface area contributed by atoms with Gasteiger partial charge in [0.2, 0.25) is 0 Å². The Kier molecular flexibility index (Phi) is 5.72. The first-order valence-electron chi connectivity index (χ1n) is 7.27. The molecule has 0 aliphatic carbocycles. The van der Waals surface area contributed by atoms with Gasteiger partial charge in [-0.3, -0.25) is 0 Å². The van der Waals surface area contributed by atoms with E-state index in [1.807, 2.05) is 33.9 Å². The standard InChI is InChI=1S/C17H28FNO/c1-8-20-16(17(4,5)6)15(19-7)14-12(3)9-11(2)10-13(14)18/h9-10,15-16,19H,8H2,1-7H3. The van der Waals surface area contributed by atoms with Gasteiger partial charge in [-0.15, -0.1) is 0 Å². The Bertz CT molecular complexity index is 428. The van der Waals surface area contributed by atoms with Gasteiger partial charge in [-0.05, 0) is 50.4 Å². The van der Waals surface area contributed by atoms with Gasteiger partial charge in [0.25, 0.3) is 0 Å². The van der Waals surface area contributed by atoms with Crippen LogP contribution in [0.1, 0.15) is 50.4 Å². The van der Waals surface area contributed by atoms with E-state index in [2.05, 4.69) is 26.1 Å². The van der Waals surface area contributed by atoms with E-state index in [1.54, 1.807) is 6.07 Å². The van der Waals surface area contributed by atoms with Crippen molar-refractivity contribution in [1.29, 1.82) is 0 Å². The zero-order valence-corrected chi connectivity index (χ0v) is 13.8. The van der Waals surface area contributed by atoms with Crippen LogP contribution in [0.4, 0.5) is 4.39 Å². The summed E-state index contributed by atoms with van der Waals surface area (Å²) in [5, 5.41) is 3.25. The molecule has 1 aromatic carbocycles. The quantitative estimate of drug-likeness (QED) is 0.875. The minimum absolute atomic E-state index is 0.0759. The molecule has 1 rings (SSSR count). The van der Waals surface area contributed by atoms with E-state index in [0.717, 1.165) is 11.1 Å². The molecule has 20 heavy (non-hydrogen) atoms. The summed E-state index contributed by atoms with van der Waals surface area (Å²) in [6.07, 6.45) is -0.0894. The molecule has 0 bridgehead atoms. The third-order valence-corrected chi connectivity index (χ3v) is 3.61. The minimum atomic E-state index is -0.157. The van der Waals surface area contributed by atoms with Gasteiger partial charge in [-0.25, -0.2) is 4.39 Å². The van der Waals surface area contributed by atoms with E-state index in [-0.39, 0.29) is 23.4 Å². The van der Waals surface area contributed by atoms with Crippen LogP contribution in [-0.2, 0) is 4.74 Å². The molecule has 0 fully saturated rings. The number of aryl methyl sites for hydroxylation is 2. The number of hydrogen-bond donors (Lipinski definition) is 1. The van der Waals surface area contributed by atoms with Crippen LogP contribution in [0.2, 0.25) is 0 Å². The van der Waals surface area contributed by atoms with Gasteiger partial charge in [0.05, 0.1) is 12.1 Å². The SMILES string of the molecule is CCOC(C(NC)c1c(C)cc(C)cc1F)C(C)(C)C. The summed E-state index contributed by atoms with van der Waals surface area (Å²) in [7, 11) is 1.86. The average Bonchev–Trinajstić information content (AvgIpc) is 2.29. The van der Waals surface area contributed by atoms with E-state index in [9.17, 15) is 4.39 Å². The molecule has 1 N–H and O–H groups in total. The lowest BCUT2D eigenvalue weighted by Crippen LogP contribution is -2.41. The molecule has 0 radical (unpaired) electrons. The molecular formula is C17H28FNO. The average molecular weight is 281 g/mol. The number of rotatable bonds is 5. The smallest absolute Gasteiger partial charge is 0.128 e. The fourth-order valence-corrected chi connectivity index (χ4v) is 2.79. The Labute approximate surface area is 122 Å². The van der Waals surface area contributed by atoms with Crippen molar-refractivity contribution in [1.82, 2.24) is 5.32 Å². The molecular weight excluding hydrogens is 253 g/mol. The molecule has 0 saturated carbocycles. The van der Waals surface area contributed by atoms with Crippen molar-refractivity contribution in [2.24, 2.45) is 5.41 Å². The number of likely N-dealkylation sites (N-methyl/N-ethyl adjacent to an activating group) is 1. The number of halogens is 1. The molecule has 2 nitrogen and oxygen atoms in total. The van der Waals surface area contributed by atoms with E-state index < -0.39 is 0 Å². The van der Waals surface area contributed by atoms with Crippen LogP contribution in [0.5, 0.6) is 0 Å². The highest BCUT2D eigenvalue weighted by atomic mass is 19.1. The van der Waals surface area contributed by atoms with Crippen molar-refractivity contribution in [3.8, 4) is 0 Å². The Morgan fingerprint density at radius 3 is 2.25 bits per heavy atom. The molecule has 0 aliphatic rings. The van der Waals surface area contributed by atoms with Gasteiger partial charge in [0.1, 0.15) is 5.82 Å². The van der Waals surface area contributed by atoms with Crippen molar-refractivity contribution in [2.45, 2.75) is 53.7 Å². The molecule has 0 heterocycles. The third-order valence-electron chi connectivity index (χ3n) is 3.61. The highest BCUT2D eigenvalue weighted by Crippen LogP contribution is 2.35. The summed E-state index contributed by atoms with van der Waals surface area (Å²) in [6, 6.07) is 3.46. The lowest BCUT2D eigenvalue weighted by atomic mass is 9.80. The maximum atomic E-state index is 14.4. The first kappa shape index (κ1) is 17.1. The summed E-state index contributed by atoms with van der Waals surface area (Å²) in [6.45, 7) is 12.8. The molecule has 0 aromatic heterocycles. The van der Waals surface area contributed by atoms with Gasteiger partial charge >= 0.3 is 0 Å². The maximum absolute atomic E-state index is 14.4. The Hall–Kier alpha value is -0.930. The zero-order chi connectivity index (χ0) is 15.5. The van der Waals surface area contributed by atoms with Crippen LogP contribution >= 0.6 is 0 Å². The second-order valence-corrected chi connectivity index (χ2v) is 6.49. The van der Waals surface area contributed by atoms with Crippen molar-refractivity contribution >= 4 is 0 Å². The normalized spacial score (nSPS) is 15.2. The number of ether oxygens (including phenoxy) is 1. The summed E-state index contributed by atoms with van der Waals surface area (Å²) in [5.41, 5.74) is 2.55. The Morgan fingerprint density at radius 2 is 1.85 bits per heavy atom. The topological polar surface area (TPSA) is 21.3 Å². The molecule has 2 atom stereocenters. The maximum Gasteiger partial charge on any atom is 0.128 e. The molecule has 114 valence electrons. The van der Waals surface area contributed by atoms with Gasteiger partial charge in [0, 0.05) is 12.2 Å². The molecule has 0 spiro atoms. The molecule has 0 aliphatic heterocycles. The summed E-state index contributed by atoms with van der Waals surface area (Å²) in [4.78, 5) is 0. The highest BCUT2D eigenvalue weighted by molar-refractivity contribution is 5.35. The minimum Gasteiger partial charge on any atom is -0.376 e. The fraction of sp³-hybridized carbons (Fsp3) is 0.647. The van der Waals surface area contributed by atoms with Gasteiger partial charge in [0.15, 0.2) is 0 Å². The second kappa shape index (κ2) is 6.68. The molecule has 0 saturated heterocycles. The predicted molar refractivity (Wildman–Crippen MR) is 82.5 cm³/mol. The van der Waals surface area contributed by atoms with Crippen LogP contribution in [0.25, 0.3) is 0 Å². The first-order chi connectivity index (χ1) is 9.22. The van der Waals surface area contributed by atoms with E-state index in [4.69, 9.17) is 4.74 Å². The number of nitrogens with one attached hydrogen (secondary N) is 1. The first-order valence-corrected chi connectivity index (χ1v) is 7.27. The van der Waals surface area contributed by atoms with Gasteiger partial charge in [-0.2, -0.15) is 0 Å². The van der Waals surface area contributed by atoms with Gasteiger partial charge in [-0.1, -0.05) is 26.8 Å². The largest absolute Gasteiger partial charge is 0.376 e. The lowest BCUT2D eigenvalue weighted by Gasteiger charge is -2.37. The predicted octanol–water partition coefficient (Wildman–Crippen LogP) is 4.15. The molecule has 3 heteroatoms. The number of benzene rings is 1. The Morgan fingerprint density at radius 1 is 1.25 bits per heavy atom. The van der Waals surface area contributed by atoms with Crippen LogP contribution in [0, 0.1) is 25.1 Å². The van der Waals surface area contributed by atoms with Crippen molar-refractivity contribution in [2.75, 3.05) is 13.7 Å². The van der Waals surface area contributed by atoms with Crippen LogP contribution in [0.3, 0.4) is 0 Å². The number of hydrogen-bond acceptors (Lipinski definition) is 2. The van der Waals surface area contributed by atoms with Crippen molar-refractivity contribution < 1.29 is 9.13 Å². The van der Waals surface area contributed by atoms with Crippen LogP contribution in [-0.4, -0.2) is 19.8 Å². The van der Waals surface area contributed by atoms with Crippen LogP contribution < -0.4 is 5.32 Å². The zero-order valence-electron chi connectivity index (χ0n) is 13.8. The van der Waals surface area contributed by atoms with Crippen molar-refractivity contribution in [3.05, 3.63) is 34.6 Å². The molecule has 2 unspecified atom stereocenters. The summed E-state index contributed by atoms with van der Waals surface area (Å²) in [5.74, 6) is -0.157. The summed E-state index contributed by atoms with van der Waals surface area (Å²) >= 11 is 0. The summed E-state index contributed by atoms with van der Waals surface area (Å²) < 4.78 is 20.4. The van der Waals surface area contributed by atoms with E-state index in [1.165, 1.54) is 0 Å². The lowest BCUT2D eigenvalue weighted by molar-refractivity contribution is -0.0358. The Balaban J connectivity index is 3.30.